The Balaban J connectivity index is 1.82. The molecule has 0 atom stereocenters. The molecule has 5 nitrogen and oxygen atoms in total. The van der Waals surface area contributed by atoms with Gasteiger partial charge in [-0.15, -0.1) is 11.3 Å². The molecule has 2 aromatic carbocycles. The lowest BCUT2D eigenvalue weighted by Crippen LogP contribution is -2.26. The first-order valence-corrected chi connectivity index (χ1v) is 10.5. The Bertz CT molecular complexity index is 1250. The van der Waals surface area contributed by atoms with Crippen LogP contribution >= 0.6 is 27.3 Å². The number of fused-ring (bicyclic) bond motifs is 2. The molecule has 0 saturated heterocycles. The summed E-state index contributed by atoms with van der Waals surface area (Å²) in [7, 11) is 0. The van der Waals surface area contributed by atoms with Crippen LogP contribution in [0.5, 0.6) is 0 Å². The average molecular weight is 457 g/mol. The van der Waals surface area contributed by atoms with Crippen molar-refractivity contribution >= 4 is 54.4 Å². The molecule has 0 aliphatic carbocycles. The van der Waals surface area contributed by atoms with Crippen LogP contribution in [0.2, 0.25) is 0 Å². The summed E-state index contributed by atoms with van der Waals surface area (Å²) < 4.78 is 8.70. The van der Waals surface area contributed by atoms with Crippen LogP contribution in [0.15, 0.2) is 57.8 Å². The summed E-state index contributed by atoms with van der Waals surface area (Å²) in [4.78, 5) is 29.8. The maximum Gasteiger partial charge on any atom is 0.310 e. The van der Waals surface area contributed by atoms with Gasteiger partial charge in [0, 0.05) is 10.0 Å². The van der Waals surface area contributed by atoms with Crippen molar-refractivity contribution in [3.63, 3.8) is 0 Å². The summed E-state index contributed by atoms with van der Waals surface area (Å²) in [5, 5.41) is 1.74. The Morgan fingerprint density at radius 2 is 2.04 bits per heavy atom. The molecule has 0 fully saturated rings. The first-order valence-electron chi connectivity index (χ1n) is 8.88. The van der Waals surface area contributed by atoms with Gasteiger partial charge in [0.1, 0.15) is 5.01 Å². The van der Waals surface area contributed by atoms with Crippen LogP contribution in [-0.4, -0.2) is 22.1 Å². The first kappa shape index (κ1) is 18.8. The van der Waals surface area contributed by atoms with Gasteiger partial charge >= 0.3 is 5.97 Å². The van der Waals surface area contributed by atoms with Gasteiger partial charge in [0.05, 0.1) is 35.3 Å². The fourth-order valence-electron chi connectivity index (χ4n) is 3.20. The molecular weight excluding hydrogens is 440 g/mol. The van der Waals surface area contributed by atoms with Gasteiger partial charge in [-0.3, -0.25) is 9.59 Å². The number of thiazole rings is 1. The van der Waals surface area contributed by atoms with Gasteiger partial charge in [-0.2, -0.15) is 0 Å². The third kappa shape index (κ3) is 3.59. The van der Waals surface area contributed by atoms with Crippen LogP contribution in [0, 0.1) is 0 Å². The quantitative estimate of drug-likeness (QED) is 0.414. The monoisotopic (exact) mass is 456 g/mol. The number of halogens is 1. The van der Waals surface area contributed by atoms with Gasteiger partial charge in [0.2, 0.25) is 0 Å². The molecule has 0 unspecified atom stereocenters. The van der Waals surface area contributed by atoms with Crippen molar-refractivity contribution in [1.82, 2.24) is 9.55 Å². The molecule has 4 rings (SSSR count). The van der Waals surface area contributed by atoms with Crippen LogP contribution in [0.4, 0.5) is 0 Å². The molecule has 0 aliphatic heterocycles. The summed E-state index contributed by atoms with van der Waals surface area (Å²) in [5.74, 6) is -0.398. The molecule has 2 aromatic heterocycles. The Morgan fingerprint density at radius 1 is 1.21 bits per heavy atom. The van der Waals surface area contributed by atoms with E-state index < -0.39 is 5.97 Å². The normalized spacial score (nSPS) is 11.2. The predicted octanol–water partition coefficient (Wildman–Crippen LogP) is 4.53. The molecule has 0 saturated carbocycles. The smallest absolute Gasteiger partial charge is 0.310 e. The van der Waals surface area contributed by atoms with Crippen LogP contribution in [-0.2, 0) is 22.5 Å². The zero-order valence-corrected chi connectivity index (χ0v) is 17.5. The highest BCUT2D eigenvalue weighted by molar-refractivity contribution is 9.10. The van der Waals surface area contributed by atoms with Crippen LogP contribution in [0.3, 0.4) is 0 Å². The van der Waals surface area contributed by atoms with E-state index in [1.807, 2.05) is 42.5 Å². The van der Waals surface area contributed by atoms with Gasteiger partial charge in [0.25, 0.3) is 5.56 Å². The Kier molecular flexibility index (Phi) is 5.28. The predicted molar refractivity (Wildman–Crippen MR) is 115 cm³/mol. The minimum atomic E-state index is -0.398. The fourth-order valence-corrected chi connectivity index (χ4v) is 4.77. The summed E-state index contributed by atoms with van der Waals surface area (Å²) >= 11 is 5.09. The number of esters is 1. The number of aromatic nitrogens is 2. The zero-order valence-electron chi connectivity index (χ0n) is 15.1. The van der Waals surface area contributed by atoms with Crippen molar-refractivity contribution in [2.75, 3.05) is 6.61 Å². The number of rotatable bonds is 5. The van der Waals surface area contributed by atoms with Crippen molar-refractivity contribution in [2.45, 2.75) is 19.9 Å². The third-order valence-corrected chi connectivity index (χ3v) is 6.07. The van der Waals surface area contributed by atoms with Crippen LogP contribution < -0.4 is 5.56 Å². The summed E-state index contributed by atoms with van der Waals surface area (Å²) in [6.45, 7) is 2.39. The molecule has 0 radical (unpaired) electrons. The zero-order chi connectivity index (χ0) is 19.7. The van der Waals surface area contributed by atoms with Gasteiger partial charge in [0.15, 0.2) is 0 Å². The van der Waals surface area contributed by atoms with E-state index in [0.29, 0.717) is 18.7 Å². The Hall–Kier alpha value is -2.51. The van der Waals surface area contributed by atoms with E-state index in [4.69, 9.17) is 9.72 Å². The van der Waals surface area contributed by atoms with E-state index in [1.54, 1.807) is 28.9 Å². The third-order valence-electron chi connectivity index (χ3n) is 4.42. The van der Waals surface area contributed by atoms with Crippen molar-refractivity contribution in [1.29, 1.82) is 0 Å². The topological polar surface area (TPSA) is 61.2 Å². The highest BCUT2D eigenvalue weighted by Gasteiger charge is 2.15. The lowest BCUT2D eigenvalue weighted by atomic mass is 10.1. The number of carbonyl (C=O) groups excluding carboxylic acids is 1. The van der Waals surface area contributed by atoms with Crippen molar-refractivity contribution in [3.8, 4) is 0 Å². The van der Waals surface area contributed by atoms with E-state index in [0.717, 1.165) is 30.6 Å². The minimum absolute atomic E-state index is 0.0388. The molecule has 2 heterocycles. The number of nitrogens with zero attached hydrogens (tertiary/aromatic N) is 2. The summed E-state index contributed by atoms with van der Waals surface area (Å²) in [6.07, 6.45) is -0.0388. The average Bonchev–Trinajstić information content (AvgIpc) is 3.09. The summed E-state index contributed by atoms with van der Waals surface area (Å²) in [5.41, 5.74) is 1.95. The second kappa shape index (κ2) is 7.85. The highest BCUT2D eigenvalue weighted by Crippen LogP contribution is 2.29. The van der Waals surface area contributed by atoms with E-state index >= 15 is 0 Å². The van der Waals surface area contributed by atoms with E-state index in [-0.39, 0.29) is 12.0 Å². The van der Waals surface area contributed by atoms with Crippen molar-refractivity contribution < 1.29 is 9.53 Å². The number of hydrogen-bond acceptors (Lipinski definition) is 5. The van der Waals surface area contributed by atoms with Gasteiger partial charge in [-0.05, 0) is 52.5 Å². The van der Waals surface area contributed by atoms with Gasteiger partial charge in [-0.25, -0.2) is 4.98 Å². The minimum Gasteiger partial charge on any atom is -0.466 e. The van der Waals surface area contributed by atoms with Gasteiger partial charge < -0.3 is 9.30 Å². The number of pyridine rings is 1. The van der Waals surface area contributed by atoms with Gasteiger partial charge in [-0.1, -0.05) is 24.3 Å². The molecule has 28 heavy (non-hydrogen) atoms. The van der Waals surface area contributed by atoms with E-state index in [9.17, 15) is 9.59 Å². The molecule has 0 N–H and O–H groups in total. The maximum atomic E-state index is 13.1. The SMILES string of the molecule is CCOC(=O)Cc1cc2ccccc2n(Cc2nc3c(Br)cccc3s2)c1=O. The number of carbonyl (C=O) groups is 1. The lowest BCUT2D eigenvalue weighted by Gasteiger charge is -2.11. The molecular formula is C21H17BrN2O3S. The standard InChI is InChI=1S/C21H17BrN2O3S/c1-2-27-19(25)11-14-10-13-6-3-4-8-16(13)24(21(14)26)12-18-23-20-15(22)7-5-9-17(20)28-18/h3-10H,2,11-12H2,1H3. The number of para-hydroxylation sites is 2. The summed E-state index contributed by atoms with van der Waals surface area (Å²) in [6, 6.07) is 15.4. The van der Waals surface area contributed by atoms with E-state index in [2.05, 4.69) is 15.9 Å². The number of ether oxygens (including phenoxy) is 1. The molecule has 142 valence electrons. The second-order valence-electron chi connectivity index (χ2n) is 6.30. The molecule has 4 aromatic rings. The van der Waals surface area contributed by atoms with Crippen molar-refractivity contribution in [3.05, 3.63) is 73.9 Å². The molecule has 7 heteroatoms. The molecule has 0 amide bonds. The fraction of sp³-hybridized carbons (Fsp3) is 0.190. The largest absolute Gasteiger partial charge is 0.466 e. The molecule has 0 spiro atoms. The molecule has 0 aliphatic rings. The van der Waals surface area contributed by atoms with Crippen LogP contribution in [0.1, 0.15) is 17.5 Å². The lowest BCUT2D eigenvalue weighted by molar-refractivity contribution is -0.142. The Morgan fingerprint density at radius 3 is 2.82 bits per heavy atom. The Labute approximate surface area is 173 Å². The maximum absolute atomic E-state index is 13.1. The van der Waals surface area contributed by atoms with Crippen LogP contribution in [0.25, 0.3) is 21.1 Å². The molecule has 0 bridgehead atoms. The number of hydrogen-bond donors (Lipinski definition) is 0. The van der Waals surface area contributed by atoms with Crippen molar-refractivity contribution in [2.24, 2.45) is 0 Å². The first-order chi connectivity index (χ1) is 13.6. The van der Waals surface area contributed by atoms with E-state index in [1.165, 1.54) is 0 Å². The highest BCUT2D eigenvalue weighted by atomic mass is 79.9. The number of benzene rings is 2. The second-order valence-corrected chi connectivity index (χ2v) is 8.27.